The van der Waals surface area contributed by atoms with Crippen LogP contribution in [0.4, 0.5) is 0 Å². The Kier molecular flexibility index (Phi) is 9.78. The van der Waals surface area contributed by atoms with Crippen molar-refractivity contribution in [1.29, 1.82) is 0 Å². The zero-order chi connectivity index (χ0) is 27.6. The first-order chi connectivity index (χ1) is 19.0. The Morgan fingerprint density at radius 2 is 1.72 bits per heavy atom. The SMILES string of the molecule is CCCCCOc1ccc(C2C(=C(O)c3cccc(OCCC)c3)C(=O)C(=O)N2CCCn2ccnc2)cc1. The lowest BCUT2D eigenvalue weighted by Gasteiger charge is -2.25. The number of unbranched alkanes of at least 4 members (excludes halogenated alkanes) is 2. The van der Waals surface area contributed by atoms with E-state index in [4.69, 9.17) is 9.47 Å². The molecule has 1 saturated heterocycles. The van der Waals surface area contributed by atoms with Gasteiger partial charge in [-0.25, -0.2) is 4.98 Å². The Labute approximate surface area is 229 Å². The van der Waals surface area contributed by atoms with Gasteiger partial charge in [-0.05, 0) is 49.1 Å². The first-order valence-corrected chi connectivity index (χ1v) is 13.7. The van der Waals surface area contributed by atoms with Crippen LogP contribution >= 0.6 is 0 Å². The molecule has 1 aliphatic rings. The number of nitrogens with zero attached hydrogens (tertiary/aromatic N) is 3. The number of aliphatic hydroxyl groups excluding tert-OH is 1. The third kappa shape index (κ3) is 6.88. The fourth-order valence-corrected chi connectivity index (χ4v) is 4.70. The molecule has 0 spiro atoms. The van der Waals surface area contributed by atoms with Crippen LogP contribution < -0.4 is 9.47 Å². The molecule has 1 aromatic heterocycles. The van der Waals surface area contributed by atoms with Crippen LogP contribution in [0.1, 0.15) is 63.1 Å². The smallest absolute Gasteiger partial charge is 0.295 e. The molecule has 1 unspecified atom stereocenters. The molecule has 0 bridgehead atoms. The van der Waals surface area contributed by atoms with E-state index in [-0.39, 0.29) is 11.3 Å². The molecule has 0 aliphatic carbocycles. The Morgan fingerprint density at radius 3 is 2.44 bits per heavy atom. The summed E-state index contributed by atoms with van der Waals surface area (Å²) in [5, 5.41) is 11.4. The van der Waals surface area contributed by atoms with E-state index in [9.17, 15) is 14.7 Å². The van der Waals surface area contributed by atoms with Crippen LogP contribution in [0.25, 0.3) is 5.76 Å². The Bertz CT molecular complexity index is 1270. The highest BCUT2D eigenvalue weighted by atomic mass is 16.5. The Balaban J connectivity index is 1.65. The monoisotopic (exact) mass is 531 g/mol. The number of benzene rings is 2. The second kappa shape index (κ2) is 13.6. The van der Waals surface area contributed by atoms with Crippen LogP contribution in [-0.2, 0) is 16.1 Å². The van der Waals surface area contributed by atoms with Crippen LogP contribution in [0.15, 0.2) is 72.8 Å². The molecule has 0 radical (unpaired) electrons. The second-order valence-electron chi connectivity index (χ2n) is 9.65. The van der Waals surface area contributed by atoms with Crippen LogP contribution in [0.3, 0.4) is 0 Å². The van der Waals surface area contributed by atoms with Crippen molar-refractivity contribution in [2.24, 2.45) is 0 Å². The van der Waals surface area contributed by atoms with E-state index >= 15 is 0 Å². The average molecular weight is 532 g/mol. The molecule has 1 amide bonds. The molecule has 1 N–H and O–H groups in total. The van der Waals surface area contributed by atoms with Crippen molar-refractivity contribution in [3.63, 3.8) is 0 Å². The minimum absolute atomic E-state index is 0.0758. The molecule has 206 valence electrons. The van der Waals surface area contributed by atoms with E-state index < -0.39 is 17.7 Å². The van der Waals surface area contributed by atoms with E-state index in [2.05, 4.69) is 11.9 Å². The van der Waals surface area contributed by atoms with Gasteiger partial charge in [-0.3, -0.25) is 9.59 Å². The zero-order valence-electron chi connectivity index (χ0n) is 22.7. The van der Waals surface area contributed by atoms with Gasteiger partial charge in [0.15, 0.2) is 0 Å². The largest absolute Gasteiger partial charge is 0.507 e. The third-order valence-corrected chi connectivity index (χ3v) is 6.71. The normalized spacial score (nSPS) is 16.6. The van der Waals surface area contributed by atoms with E-state index in [1.165, 1.54) is 0 Å². The summed E-state index contributed by atoms with van der Waals surface area (Å²) in [5.74, 6) is -0.202. The standard InChI is InChI=1S/C31H37N3O5/c1-3-5-6-20-39-25-13-11-23(12-14-25)28-27(29(35)24-9-7-10-26(21-24)38-19-4-2)30(36)31(37)34(28)17-8-16-33-18-15-32-22-33/h7,9-15,18,21-22,28,35H,3-6,8,16-17,19-20H2,1-2H3. The predicted molar refractivity (Wildman–Crippen MR) is 150 cm³/mol. The molecule has 39 heavy (non-hydrogen) atoms. The highest BCUT2D eigenvalue weighted by molar-refractivity contribution is 6.46. The van der Waals surface area contributed by atoms with E-state index in [1.807, 2.05) is 42.0 Å². The Morgan fingerprint density at radius 1 is 0.923 bits per heavy atom. The molecule has 8 nitrogen and oxygen atoms in total. The van der Waals surface area contributed by atoms with Gasteiger partial charge in [0, 0.05) is 31.0 Å². The highest BCUT2D eigenvalue weighted by Gasteiger charge is 2.45. The summed E-state index contributed by atoms with van der Waals surface area (Å²) in [6.07, 6.45) is 9.97. The number of rotatable bonds is 14. The summed E-state index contributed by atoms with van der Waals surface area (Å²) in [6, 6.07) is 13.7. The van der Waals surface area contributed by atoms with Crippen LogP contribution in [0.5, 0.6) is 11.5 Å². The number of carbonyl (C=O) groups excluding carboxylic acids is 2. The first-order valence-electron chi connectivity index (χ1n) is 13.7. The summed E-state index contributed by atoms with van der Waals surface area (Å²) in [4.78, 5) is 32.2. The van der Waals surface area contributed by atoms with Gasteiger partial charge in [-0.15, -0.1) is 0 Å². The van der Waals surface area contributed by atoms with Crippen LogP contribution in [0, 0.1) is 0 Å². The molecule has 3 aromatic rings. The maximum Gasteiger partial charge on any atom is 0.295 e. The van der Waals surface area contributed by atoms with Gasteiger partial charge >= 0.3 is 0 Å². The summed E-state index contributed by atoms with van der Waals surface area (Å²) < 4.78 is 13.5. The molecular weight excluding hydrogens is 494 g/mol. The van der Waals surface area contributed by atoms with Crippen molar-refractivity contribution in [3.8, 4) is 11.5 Å². The van der Waals surface area contributed by atoms with E-state index in [0.29, 0.717) is 44.0 Å². The summed E-state index contributed by atoms with van der Waals surface area (Å²) in [5.41, 5.74) is 1.24. The third-order valence-electron chi connectivity index (χ3n) is 6.71. The number of ketones is 1. The van der Waals surface area contributed by atoms with Gasteiger partial charge in [-0.1, -0.05) is 51.0 Å². The maximum absolute atomic E-state index is 13.4. The number of Topliss-reactive ketones (excluding diaryl/α,β-unsaturated/α-hetero) is 1. The molecule has 1 atom stereocenters. The average Bonchev–Trinajstić information content (AvgIpc) is 3.57. The molecule has 1 aliphatic heterocycles. The van der Waals surface area contributed by atoms with E-state index in [1.54, 1.807) is 41.7 Å². The van der Waals surface area contributed by atoms with Crippen molar-refractivity contribution in [1.82, 2.24) is 14.5 Å². The number of aliphatic hydroxyl groups is 1. The fourth-order valence-electron chi connectivity index (χ4n) is 4.70. The number of likely N-dealkylation sites (tertiary alicyclic amines) is 1. The number of carbonyl (C=O) groups is 2. The van der Waals surface area contributed by atoms with Gasteiger partial charge in [0.25, 0.3) is 11.7 Å². The molecule has 2 aromatic carbocycles. The highest BCUT2D eigenvalue weighted by Crippen LogP contribution is 2.40. The summed E-state index contributed by atoms with van der Waals surface area (Å²) in [7, 11) is 0. The van der Waals surface area contributed by atoms with Crippen LogP contribution in [0.2, 0.25) is 0 Å². The minimum Gasteiger partial charge on any atom is -0.507 e. The van der Waals surface area contributed by atoms with Crippen molar-refractivity contribution in [2.45, 2.75) is 58.5 Å². The van der Waals surface area contributed by atoms with Gasteiger partial charge < -0.3 is 24.0 Å². The lowest BCUT2D eigenvalue weighted by Crippen LogP contribution is -2.31. The maximum atomic E-state index is 13.4. The number of hydrogen-bond acceptors (Lipinski definition) is 6. The van der Waals surface area contributed by atoms with Crippen LogP contribution in [-0.4, -0.2) is 51.0 Å². The molecule has 2 heterocycles. The Hall–Kier alpha value is -4.07. The number of imidazole rings is 1. The minimum atomic E-state index is -0.720. The quantitative estimate of drug-likeness (QED) is 0.123. The van der Waals surface area contributed by atoms with Crippen molar-refractivity contribution < 1.29 is 24.2 Å². The topological polar surface area (TPSA) is 93.9 Å². The molecular formula is C31H37N3O5. The lowest BCUT2D eigenvalue weighted by molar-refractivity contribution is -0.139. The number of hydrogen-bond donors (Lipinski definition) is 1. The molecule has 0 saturated carbocycles. The predicted octanol–water partition coefficient (Wildman–Crippen LogP) is 5.75. The second-order valence-corrected chi connectivity index (χ2v) is 9.65. The van der Waals surface area contributed by atoms with Crippen molar-refractivity contribution in [2.75, 3.05) is 19.8 Å². The number of aromatic nitrogens is 2. The van der Waals surface area contributed by atoms with Gasteiger partial charge in [-0.2, -0.15) is 0 Å². The fraction of sp³-hybridized carbons (Fsp3) is 0.387. The van der Waals surface area contributed by atoms with Gasteiger partial charge in [0.1, 0.15) is 17.3 Å². The number of amides is 1. The van der Waals surface area contributed by atoms with Gasteiger partial charge in [0.2, 0.25) is 0 Å². The molecule has 4 rings (SSSR count). The van der Waals surface area contributed by atoms with Crippen molar-refractivity contribution in [3.05, 3.63) is 84.0 Å². The zero-order valence-corrected chi connectivity index (χ0v) is 22.7. The lowest BCUT2D eigenvalue weighted by atomic mass is 9.95. The van der Waals surface area contributed by atoms with Gasteiger partial charge in [0.05, 0.1) is 31.2 Å². The van der Waals surface area contributed by atoms with E-state index in [0.717, 1.165) is 37.0 Å². The number of aryl methyl sites for hydroxylation is 1. The summed E-state index contributed by atoms with van der Waals surface area (Å²) in [6.45, 7) is 6.33. The molecule has 1 fully saturated rings. The number of ether oxygens (including phenoxy) is 2. The molecule has 8 heteroatoms. The summed E-state index contributed by atoms with van der Waals surface area (Å²) >= 11 is 0. The van der Waals surface area contributed by atoms with Crippen molar-refractivity contribution >= 4 is 17.4 Å². The first kappa shape index (κ1) is 28.0.